The average Bonchev–Trinajstić information content (AvgIpc) is 2.35. The fraction of sp³-hybridized carbons (Fsp3) is 0.154. The number of hydrogen-bond donors (Lipinski definition) is 2. The number of carboxylic acids is 1. The third-order valence-corrected chi connectivity index (χ3v) is 2.47. The Bertz CT molecular complexity index is 595. The van der Waals surface area contributed by atoms with Gasteiger partial charge in [-0.25, -0.2) is 9.18 Å². The number of hydrogen-bond acceptors (Lipinski definition) is 3. The van der Waals surface area contributed by atoms with Gasteiger partial charge in [0, 0.05) is 5.39 Å². The van der Waals surface area contributed by atoms with Crippen LogP contribution in [0.25, 0.3) is 10.8 Å². The van der Waals surface area contributed by atoms with Crippen molar-refractivity contribution in [2.45, 2.75) is 0 Å². The Morgan fingerprint density at radius 2 is 2.06 bits per heavy atom. The van der Waals surface area contributed by atoms with Gasteiger partial charge in [-0.1, -0.05) is 6.07 Å². The standard InChI is InChI=1S/C13H11FO4/c14-10-2-1-8-5-9(13(16)17)6-12(11(8)7-10)18-4-3-15/h1-2,5-7,15H,3-4H2,(H,16,17). The molecular formula is C13H11FO4. The smallest absolute Gasteiger partial charge is 0.335 e. The fourth-order valence-electron chi connectivity index (χ4n) is 1.69. The number of carbonyl (C=O) groups is 1. The molecule has 5 heteroatoms. The molecule has 0 aliphatic rings. The lowest BCUT2D eigenvalue weighted by Gasteiger charge is -2.09. The van der Waals surface area contributed by atoms with Gasteiger partial charge in [-0.05, 0) is 29.7 Å². The van der Waals surface area contributed by atoms with Gasteiger partial charge in [0.05, 0.1) is 12.2 Å². The van der Waals surface area contributed by atoms with Crippen LogP contribution in [0.4, 0.5) is 4.39 Å². The molecule has 0 aliphatic carbocycles. The van der Waals surface area contributed by atoms with E-state index in [1.807, 2.05) is 0 Å². The maximum absolute atomic E-state index is 13.2. The second kappa shape index (κ2) is 5.01. The summed E-state index contributed by atoms with van der Waals surface area (Å²) >= 11 is 0. The van der Waals surface area contributed by atoms with Gasteiger partial charge >= 0.3 is 5.97 Å². The van der Waals surface area contributed by atoms with Gasteiger partial charge in [-0.3, -0.25) is 0 Å². The van der Waals surface area contributed by atoms with Crippen molar-refractivity contribution < 1.29 is 24.1 Å². The van der Waals surface area contributed by atoms with Gasteiger partial charge in [0.1, 0.15) is 18.2 Å². The molecule has 0 saturated heterocycles. The summed E-state index contributed by atoms with van der Waals surface area (Å²) < 4.78 is 18.4. The van der Waals surface area contributed by atoms with E-state index in [1.165, 1.54) is 30.3 Å². The van der Waals surface area contributed by atoms with Crippen molar-refractivity contribution in [3.05, 3.63) is 41.7 Å². The Labute approximate surface area is 102 Å². The number of aromatic carboxylic acids is 1. The van der Waals surface area contributed by atoms with Gasteiger partial charge in [-0.2, -0.15) is 0 Å². The van der Waals surface area contributed by atoms with E-state index in [2.05, 4.69) is 0 Å². The largest absolute Gasteiger partial charge is 0.491 e. The molecule has 0 aliphatic heterocycles. The summed E-state index contributed by atoms with van der Waals surface area (Å²) in [5.41, 5.74) is 0.0575. The molecule has 2 N–H and O–H groups in total. The highest BCUT2D eigenvalue weighted by Gasteiger charge is 2.10. The number of ether oxygens (including phenoxy) is 1. The van der Waals surface area contributed by atoms with Crippen molar-refractivity contribution in [2.24, 2.45) is 0 Å². The van der Waals surface area contributed by atoms with E-state index < -0.39 is 11.8 Å². The van der Waals surface area contributed by atoms with Crippen molar-refractivity contribution in [1.82, 2.24) is 0 Å². The molecule has 0 radical (unpaired) electrons. The molecule has 0 fully saturated rings. The molecule has 0 unspecified atom stereocenters. The van der Waals surface area contributed by atoms with Crippen LogP contribution < -0.4 is 4.74 Å². The first-order valence-corrected chi connectivity index (χ1v) is 5.32. The highest BCUT2D eigenvalue weighted by atomic mass is 19.1. The van der Waals surface area contributed by atoms with Crippen LogP contribution >= 0.6 is 0 Å². The Kier molecular flexibility index (Phi) is 3.43. The summed E-state index contributed by atoms with van der Waals surface area (Å²) in [5, 5.41) is 18.7. The summed E-state index contributed by atoms with van der Waals surface area (Å²) in [6.07, 6.45) is 0. The monoisotopic (exact) mass is 250 g/mol. The van der Waals surface area contributed by atoms with E-state index in [-0.39, 0.29) is 24.5 Å². The summed E-state index contributed by atoms with van der Waals surface area (Å²) in [4.78, 5) is 11.0. The van der Waals surface area contributed by atoms with Crippen LogP contribution in [0.1, 0.15) is 10.4 Å². The maximum atomic E-state index is 13.2. The number of aliphatic hydroxyl groups excluding tert-OH is 1. The van der Waals surface area contributed by atoms with E-state index in [0.29, 0.717) is 10.8 Å². The normalized spacial score (nSPS) is 10.6. The lowest BCUT2D eigenvalue weighted by molar-refractivity contribution is 0.0696. The first kappa shape index (κ1) is 12.3. The van der Waals surface area contributed by atoms with Gasteiger partial charge in [0.2, 0.25) is 0 Å². The predicted molar refractivity (Wildman–Crippen MR) is 63.4 cm³/mol. The van der Waals surface area contributed by atoms with Crippen LogP contribution in [0, 0.1) is 5.82 Å². The van der Waals surface area contributed by atoms with E-state index in [1.54, 1.807) is 0 Å². The Morgan fingerprint density at radius 3 is 2.72 bits per heavy atom. The van der Waals surface area contributed by atoms with Crippen molar-refractivity contribution >= 4 is 16.7 Å². The van der Waals surface area contributed by atoms with Crippen molar-refractivity contribution in [2.75, 3.05) is 13.2 Å². The summed E-state index contributed by atoms with van der Waals surface area (Å²) in [6.45, 7) is -0.178. The number of benzene rings is 2. The minimum atomic E-state index is -1.09. The second-order valence-electron chi connectivity index (χ2n) is 3.72. The molecule has 0 spiro atoms. The molecule has 0 heterocycles. The molecule has 0 bridgehead atoms. The zero-order valence-corrected chi connectivity index (χ0v) is 9.39. The van der Waals surface area contributed by atoms with Crippen LogP contribution in [-0.4, -0.2) is 29.4 Å². The van der Waals surface area contributed by atoms with Crippen LogP contribution in [0.2, 0.25) is 0 Å². The number of rotatable bonds is 4. The molecule has 2 rings (SSSR count). The Hall–Kier alpha value is -2.14. The van der Waals surface area contributed by atoms with Crippen molar-refractivity contribution in [3.8, 4) is 5.75 Å². The van der Waals surface area contributed by atoms with E-state index in [0.717, 1.165) is 0 Å². The van der Waals surface area contributed by atoms with E-state index >= 15 is 0 Å². The molecule has 2 aromatic carbocycles. The average molecular weight is 250 g/mol. The molecule has 0 aromatic heterocycles. The van der Waals surface area contributed by atoms with Crippen LogP contribution in [0.15, 0.2) is 30.3 Å². The third-order valence-electron chi connectivity index (χ3n) is 2.47. The van der Waals surface area contributed by atoms with E-state index in [9.17, 15) is 9.18 Å². The maximum Gasteiger partial charge on any atom is 0.335 e. The molecule has 0 atom stereocenters. The number of halogens is 1. The van der Waals surface area contributed by atoms with Crippen molar-refractivity contribution in [1.29, 1.82) is 0 Å². The lowest BCUT2D eigenvalue weighted by Crippen LogP contribution is -2.04. The van der Waals surface area contributed by atoms with Gasteiger partial charge in [0.15, 0.2) is 0 Å². The topological polar surface area (TPSA) is 66.8 Å². The number of fused-ring (bicyclic) bond motifs is 1. The molecule has 0 saturated carbocycles. The quantitative estimate of drug-likeness (QED) is 0.871. The van der Waals surface area contributed by atoms with Crippen molar-refractivity contribution in [3.63, 3.8) is 0 Å². The summed E-state index contributed by atoms with van der Waals surface area (Å²) in [5.74, 6) is -1.27. The first-order chi connectivity index (χ1) is 8.61. The summed E-state index contributed by atoms with van der Waals surface area (Å²) in [6, 6.07) is 6.78. The first-order valence-electron chi connectivity index (χ1n) is 5.32. The zero-order chi connectivity index (χ0) is 13.1. The van der Waals surface area contributed by atoms with Crippen LogP contribution in [-0.2, 0) is 0 Å². The van der Waals surface area contributed by atoms with Gasteiger partial charge < -0.3 is 14.9 Å². The minimum Gasteiger partial charge on any atom is -0.491 e. The number of carboxylic acid groups (broad SMARTS) is 1. The lowest BCUT2D eigenvalue weighted by atomic mass is 10.1. The highest BCUT2D eigenvalue weighted by molar-refractivity contribution is 5.97. The highest BCUT2D eigenvalue weighted by Crippen LogP contribution is 2.28. The Morgan fingerprint density at radius 1 is 1.28 bits per heavy atom. The molecule has 4 nitrogen and oxygen atoms in total. The molecule has 2 aromatic rings. The van der Waals surface area contributed by atoms with Crippen LogP contribution in [0.3, 0.4) is 0 Å². The molecule has 0 amide bonds. The zero-order valence-electron chi connectivity index (χ0n) is 9.39. The third kappa shape index (κ3) is 2.41. The van der Waals surface area contributed by atoms with Gasteiger partial charge in [-0.15, -0.1) is 0 Å². The minimum absolute atomic E-state index is 0.0225. The molecule has 18 heavy (non-hydrogen) atoms. The molecular weight excluding hydrogens is 239 g/mol. The second-order valence-corrected chi connectivity index (χ2v) is 3.72. The van der Waals surface area contributed by atoms with E-state index in [4.69, 9.17) is 14.9 Å². The summed E-state index contributed by atoms with van der Waals surface area (Å²) in [7, 11) is 0. The van der Waals surface area contributed by atoms with Crippen LogP contribution in [0.5, 0.6) is 5.75 Å². The SMILES string of the molecule is O=C(O)c1cc(OCCO)c2cc(F)ccc2c1. The van der Waals surface area contributed by atoms with Gasteiger partial charge in [0.25, 0.3) is 0 Å². The number of aliphatic hydroxyl groups is 1. The predicted octanol–water partition coefficient (Wildman–Crippen LogP) is 2.05. The fourth-order valence-corrected chi connectivity index (χ4v) is 1.69. The Balaban J connectivity index is 2.61. The molecule has 94 valence electrons.